The summed E-state index contributed by atoms with van der Waals surface area (Å²) < 4.78 is 14.1. The number of para-hydroxylation sites is 1. The van der Waals surface area contributed by atoms with Gasteiger partial charge < -0.3 is 5.32 Å². The van der Waals surface area contributed by atoms with Crippen molar-refractivity contribution in [1.29, 1.82) is 0 Å². The van der Waals surface area contributed by atoms with Crippen LogP contribution in [0, 0.1) is 5.82 Å². The van der Waals surface area contributed by atoms with Crippen molar-refractivity contribution in [2.75, 3.05) is 11.6 Å². The van der Waals surface area contributed by atoms with E-state index in [0.29, 0.717) is 16.7 Å². The van der Waals surface area contributed by atoms with Gasteiger partial charge >= 0.3 is 0 Å². The molecule has 2 nitrogen and oxygen atoms in total. The van der Waals surface area contributed by atoms with Gasteiger partial charge in [-0.1, -0.05) is 55.6 Å². The number of amides is 1. The lowest BCUT2D eigenvalue weighted by atomic mass is 9.97. The van der Waals surface area contributed by atoms with E-state index in [9.17, 15) is 9.18 Å². The summed E-state index contributed by atoms with van der Waals surface area (Å²) >= 11 is 3.53. The van der Waals surface area contributed by atoms with Crippen LogP contribution in [0.3, 0.4) is 0 Å². The highest BCUT2D eigenvalue weighted by Gasteiger charge is 2.15. The Morgan fingerprint density at radius 3 is 2.22 bits per heavy atom. The summed E-state index contributed by atoms with van der Waals surface area (Å²) in [6, 6.07) is 14.1. The Morgan fingerprint density at radius 2 is 1.65 bits per heavy atom. The van der Waals surface area contributed by atoms with Crippen LogP contribution in [0.15, 0.2) is 67.3 Å². The molecule has 0 saturated carbocycles. The summed E-state index contributed by atoms with van der Waals surface area (Å²) in [5.41, 5.74) is 2.51. The first-order valence-electron chi connectivity index (χ1n) is 6.95. The van der Waals surface area contributed by atoms with E-state index in [2.05, 4.69) is 31.1 Å². The predicted molar refractivity (Wildman–Crippen MR) is 99.3 cm³/mol. The van der Waals surface area contributed by atoms with Crippen molar-refractivity contribution in [3.05, 3.63) is 84.2 Å². The van der Waals surface area contributed by atoms with Crippen molar-refractivity contribution in [3.63, 3.8) is 0 Å². The zero-order chi connectivity index (χ0) is 17.4. The molecule has 0 aliphatic heterocycles. The standard InChI is InChI=1S/C18H16FNO.CH4S/c1-12(2)18(21)20-17-15(10-7-11-16(17)19)13(3)14-8-5-4-6-9-14;1-2/h4-11H,1,3H2,2H3,(H,20,21);2H,1H3. The van der Waals surface area contributed by atoms with E-state index in [1.165, 1.54) is 6.07 Å². The first-order valence-corrected chi connectivity index (χ1v) is 7.85. The van der Waals surface area contributed by atoms with Gasteiger partial charge in [0.15, 0.2) is 0 Å². The Morgan fingerprint density at radius 1 is 1.04 bits per heavy atom. The number of halogens is 1. The molecule has 120 valence electrons. The molecule has 1 N–H and O–H groups in total. The number of anilines is 1. The highest BCUT2D eigenvalue weighted by Crippen LogP contribution is 2.30. The monoisotopic (exact) mass is 329 g/mol. The molecule has 0 fully saturated rings. The fraction of sp³-hybridized carbons (Fsp3) is 0.105. The third-order valence-electron chi connectivity index (χ3n) is 3.09. The lowest BCUT2D eigenvalue weighted by Crippen LogP contribution is -2.14. The van der Waals surface area contributed by atoms with Crippen molar-refractivity contribution in [1.82, 2.24) is 0 Å². The van der Waals surface area contributed by atoms with E-state index < -0.39 is 11.7 Å². The molecule has 2 rings (SSSR count). The van der Waals surface area contributed by atoms with E-state index in [-0.39, 0.29) is 5.69 Å². The fourth-order valence-corrected chi connectivity index (χ4v) is 1.92. The van der Waals surface area contributed by atoms with E-state index in [4.69, 9.17) is 0 Å². The van der Waals surface area contributed by atoms with Gasteiger partial charge in [0.05, 0.1) is 5.69 Å². The van der Waals surface area contributed by atoms with Crippen molar-refractivity contribution >= 4 is 29.8 Å². The Labute approximate surface area is 142 Å². The number of nitrogens with one attached hydrogen (secondary N) is 1. The van der Waals surface area contributed by atoms with E-state index in [0.717, 1.165) is 5.56 Å². The Kier molecular flexibility index (Phi) is 7.29. The summed E-state index contributed by atoms with van der Waals surface area (Å²) in [5.74, 6) is -0.915. The van der Waals surface area contributed by atoms with Crippen LogP contribution in [0.1, 0.15) is 18.1 Å². The minimum atomic E-state index is -0.501. The number of rotatable bonds is 4. The molecule has 0 aliphatic rings. The van der Waals surface area contributed by atoms with Crippen LogP contribution >= 0.6 is 12.6 Å². The fourth-order valence-electron chi connectivity index (χ4n) is 1.92. The smallest absolute Gasteiger partial charge is 0.250 e. The van der Waals surface area contributed by atoms with Crippen molar-refractivity contribution in [2.24, 2.45) is 0 Å². The van der Waals surface area contributed by atoms with Gasteiger partial charge in [0.25, 0.3) is 5.91 Å². The Hall–Kier alpha value is -2.33. The molecule has 0 unspecified atom stereocenters. The molecule has 0 atom stereocenters. The second kappa shape index (κ2) is 8.96. The van der Waals surface area contributed by atoms with Gasteiger partial charge in [-0.3, -0.25) is 4.79 Å². The number of thiol groups is 1. The molecule has 0 saturated heterocycles. The maximum atomic E-state index is 14.1. The molecule has 0 bridgehead atoms. The minimum absolute atomic E-state index is 0.124. The average Bonchev–Trinajstić information content (AvgIpc) is 2.58. The predicted octanol–water partition coefficient (Wildman–Crippen LogP) is 4.95. The van der Waals surface area contributed by atoms with Gasteiger partial charge in [0.1, 0.15) is 5.82 Å². The number of hydrogen-bond donors (Lipinski definition) is 2. The lowest BCUT2D eigenvalue weighted by Gasteiger charge is -2.14. The molecule has 0 aliphatic carbocycles. The molecule has 0 aromatic heterocycles. The molecule has 1 amide bonds. The molecule has 0 heterocycles. The number of carbonyl (C=O) groups is 1. The molecule has 0 radical (unpaired) electrons. The second-order valence-electron chi connectivity index (χ2n) is 4.74. The summed E-state index contributed by atoms with van der Waals surface area (Å²) in [6.07, 6.45) is 1.69. The van der Waals surface area contributed by atoms with Gasteiger partial charge in [-0.15, -0.1) is 0 Å². The van der Waals surface area contributed by atoms with E-state index >= 15 is 0 Å². The van der Waals surface area contributed by atoms with Gasteiger partial charge in [0, 0.05) is 11.1 Å². The van der Waals surface area contributed by atoms with Crippen LogP contribution in [0.5, 0.6) is 0 Å². The molecule has 0 spiro atoms. The summed E-state index contributed by atoms with van der Waals surface area (Å²) in [7, 11) is 0. The Balaban J connectivity index is 0.00000127. The summed E-state index contributed by atoms with van der Waals surface area (Å²) in [6.45, 7) is 9.14. The first-order chi connectivity index (χ1) is 11.0. The van der Waals surface area contributed by atoms with Gasteiger partial charge in [0.2, 0.25) is 0 Å². The first kappa shape index (κ1) is 18.7. The van der Waals surface area contributed by atoms with Crippen molar-refractivity contribution in [3.8, 4) is 0 Å². The van der Waals surface area contributed by atoms with Gasteiger partial charge in [-0.25, -0.2) is 4.39 Å². The molecule has 23 heavy (non-hydrogen) atoms. The number of hydrogen-bond acceptors (Lipinski definition) is 2. The molecule has 4 heteroatoms. The maximum absolute atomic E-state index is 14.1. The second-order valence-corrected chi connectivity index (χ2v) is 4.74. The quantitative estimate of drug-likeness (QED) is 0.603. The van der Waals surface area contributed by atoms with Crippen molar-refractivity contribution < 1.29 is 9.18 Å². The van der Waals surface area contributed by atoms with Crippen LogP contribution in [0.2, 0.25) is 0 Å². The largest absolute Gasteiger partial charge is 0.319 e. The highest BCUT2D eigenvalue weighted by atomic mass is 32.1. The Bertz CT molecular complexity index is 711. The molecular weight excluding hydrogens is 309 g/mol. The average molecular weight is 329 g/mol. The highest BCUT2D eigenvalue weighted by molar-refractivity contribution is 7.79. The normalized spacial score (nSPS) is 9.39. The van der Waals surface area contributed by atoms with Crippen LogP contribution in [-0.2, 0) is 4.79 Å². The van der Waals surface area contributed by atoms with Gasteiger partial charge in [-0.2, -0.15) is 12.6 Å². The topological polar surface area (TPSA) is 29.1 Å². The molecular formula is C19H20FNOS. The van der Waals surface area contributed by atoms with E-state index in [1.807, 2.05) is 30.3 Å². The van der Waals surface area contributed by atoms with Crippen LogP contribution in [0.25, 0.3) is 5.57 Å². The number of benzene rings is 2. The third kappa shape index (κ3) is 4.83. The zero-order valence-electron chi connectivity index (χ0n) is 13.3. The van der Waals surface area contributed by atoms with Crippen LogP contribution < -0.4 is 5.32 Å². The van der Waals surface area contributed by atoms with E-state index in [1.54, 1.807) is 25.3 Å². The summed E-state index contributed by atoms with van der Waals surface area (Å²) in [4.78, 5) is 11.8. The third-order valence-corrected chi connectivity index (χ3v) is 3.09. The van der Waals surface area contributed by atoms with Gasteiger partial charge in [-0.05, 0) is 30.4 Å². The number of carbonyl (C=O) groups excluding carboxylic acids is 1. The lowest BCUT2D eigenvalue weighted by molar-refractivity contribution is -0.112. The molecule has 2 aromatic rings. The van der Waals surface area contributed by atoms with Crippen LogP contribution in [-0.4, -0.2) is 12.2 Å². The SMILES string of the molecule is C=C(C)C(=O)Nc1c(F)cccc1C(=C)c1ccccc1.CS. The maximum Gasteiger partial charge on any atom is 0.250 e. The van der Waals surface area contributed by atoms with Crippen LogP contribution in [0.4, 0.5) is 10.1 Å². The van der Waals surface area contributed by atoms with Crippen molar-refractivity contribution in [2.45, 2.75) is 6.92 Å². The zero-order valence-corrected chi connectivity index (χ0v) is 14.2. The minimum Gasteiger partial charge on any atom is -0.319 e. The molecule has 2 aromatic carbocycles. The summed E-state index contributed by atoms with van der Waals surface area (Å²) in [5, 5.41) is 2.55.